The second-order valence-corrected chi connectivity index (χ2v) is 6.76. The molecule has 1 saturated heterocycles. The van der Waals surface area contributed by atoms with Crippen molar-refractivity contribution in [2.75, 3.05) is 13.1 Å². The Balaban J connectivity index is 1.58. The summed E-state index contributed by atoms with van der Waals surface area (Å²) in [6.45, 7) is 0.679. The van der Waals surface area contributed by atoms with Crippen LogP contribution < -0.4 is 0 Å². The first-order valence-electron chi connectivity index (χ1n) is 8.81. The van der Waals surface area contributed by atoms with Gasteiger partial charge in [-0.1, -0.05) is 60.7 Å². The highest BCUT2D eigenvalue weighted by atomic mass is 19.3. The third-order valence-corrected chi connectivity index (χ3v) is 4.82. The van der Waals surface area contributed by atoms with E-state index in [-0.39, 0.29) is 13.0 Å². The van der Waals surface area contributed by atoms with E-state index in [0.29, 0.717) is 13.1 Å². The number of hydrogen-bond donors (Lipinski definition) is 0. The summed E-state index contributed by atoms with van der Waals surface area (Å²) in [5.74, 6) is -2.58. The summed E-state index contributed by atoms with van der Waals surface area (Å²) in [5, 5.41) is 0. The molecule has 132 valence electrons. The minimum atomic E-state index is -2.58. The van der Waals surface area contributed by atoms with Gasteiger partial charge < -0.3 is 0 Å². The van der Waals surface area contributed by atoms with Gasteiger partial charge in [-0.15, -0.1) is 0 Å². The van der Waals surface area contributed by atoms with Crippen molar-refractivity contribution in [3.63, 3.8) is 0 Å². The molecule has 2 aromatic carbocycles. The van der Waals surface area contributed by atoms with Gasteiger partial charge in [0.05, 0.1) is 12.2 Å². The molecule has 1 aromatic heterocycles. The molecule has 0 saturated carbocycles. The Hall–Kier alpha value is -2.59. The van der Waals surface area contributed by atoms with Crippen LogP contribution in [0.25, 0.3) is 22.3 Å². The van der Waals surface area contributed by atoms with Crippen LogP contribution in [0.3, 0.4) is 0 Å². The van der Waals surface area contributed by atoms with Gasteiger partial charge in [-0.05, 0) is 22.8 Å². The molecule has 0 N–H and O–H groups in total. The number of nitrogens with zero attached hydrogens (tertiary/aromatic N) is 2. The number of benzene rings is 2. The van der Waals surface area contributed by atoms with Crippen LogP contribution in [0.5, 0.6) is 0 Å². The van der Waals surface area contributed by atoms with Gasteiger partial charge in [0.1, 0.15) is 0 Å². The molecule has 1 aliphatic heterocycles. The average molecular weight is 350 g/mol. The predicted octanol–water partition coefficient (Wildman–Crippen LogP) is 5.26. The minimum absolute atomic E-state index is 0.0685. The molecule has 4 heteroatoms. The van der Waals surface area contributed by atoms with Crippen molar-refractivity contribution in [1.82, 2.24) is 9.88 Å². The Bertz CT molecular complexity index is 876. The minimum Gasteiger partial charge on any atom is -0.291 e. The third kappa shape index (κ3) is 3.65. The maximum Gasteiger partial charge on any atom is 0.261 e. The summed E-state index contributed by atoms with van der Waals surface area (Å²) in [4.78, 5) is 6.24. The van der Waals surface area contributed by atoms with Crippen molar-refractivity contribution < 1.29 is 8.78 Å². The molecule has 3 aromatic rings. The molecule has 0 spiro atoms. The zero-order valence-corrected chi connectivity index (χ0v) is 14.4. The Morgan fingerprint density at radius 1 is 0.846 bits per heavy atom. The number of hydrogen-bond acceptors (Lipinski definition) is 2. The topological polar surface area (TPSA) is 16.1 Å². The fourth-order valence-electron chi connectivity index (χ4n) is 3.45. The SMILES string of the molecule is FC1(F)CCN(Cc2ncccc2-c2ccc(-c3ccccc3)cc2)C1. The van der Waals surface area contributed by atoms with Crippen LogP contribution in [0.2, 0.25) is 0 Å². The van der Waals surface area contributed by atoms with Crippen molar-refractivity contribution in [3.8, 4) is 22.3 Å². The van der Waals surface area contributed by atoms with E-state index >= 15 is 0 Å². The highest BCUT2D eigenvalue weighted by Gasteiger charge is 2.38. The van der Waals surface area contributed by atoms with Gasteiger partial charge in [0.2, 0.25) is 0 Å². The van der Waals surface area contributed by atoms with Gasteiger partial charge >= 0.3 is 0 Å². The van der Waals surface area contributed by atoms with E-state index in [0.717, 1.165) is 22.4 Å². The van der Waals surface area contributed by atoms with E-state index in [1.165, 1.54) is 5.56 Å². The zero-order valence-electron chi connectivity index (χ0n) is 14.4. The van der Waals surface area contributed by atoms with Crippen LogP contribution in [0.1, 0.15) is 12.1 Å². The predicted molar refractivity (Wildman–Crippen MR) is 100.0 cm³/mol. The summed E-state index contributed by atoms with van der Waals surface area (Å²) in [7, 11) is 0. The third-order valence-electron chi connectivity index (χ3n) is 4.82. The van der Waals surface area contributed by atoms with Crippen LogP contribution in [0.15, 0.2) is 72.9 Å². The van der Waals surface area contributed by atoms with E-state index in [1.54, 1.807) is 11.1 Å². The standard InChI is InChI=1S/C22H20F2N2/c23-22(24)12-14-26(16-22)15-21-20(7-4-13-25-21)19-10-8-18(9-11-19)17-5-2-1-3-6-17/h1-11,13H,12,14-16H2. The molecule has 2 heterocycles. The molecular formula is C22H20F2N2. The Morgan fingerprint density at radius 3 is 2.23 bits per heavy atom. The van der Waals surface area contributed by atoms with Gasteiger partial charge in [0.25, 0.3) is 5.92 Å². The largest absolute Gasteiger partial charge is 0.291 e. The number of likely N-dealkylation sites (tertiary alicyclic amines) is 1. The Morgan fingerprint density at radius 2 is 1.54 bits per heavy atom. The van der Waals surface area contributed by atoms with Crippen LogP contribution in [0.4, 0.5) is 8.78 Å². The summed E-state index contributed by atoms with van der Waals surface area (Å²) in [6.07, 6.45) is 1.66. The molecular weight excluding hydrogens is 330 g/mol. The Labute approximate surface area is 152 Å². The van der Waals surface area contributed by atoms with Crippen LogP contribution in [0, 0.1) is 0 Å². The van der Waals surface area contributed by atoms with Crippen molar-refractivity contribution in [1.29, 1.82) is 0 Å². The lowest BCUT2D eigenvalue weighted by Gasteiger charge is -2.17. The molecule has 0 aliphatic carbocycles. The summed E-state index contributed by atoms with van der Waals surface area (Å²) in [5.41, 5.74) is 5.22. The summed E-state index contributed by atoms with van der Waals surface area (Å²) in [6, 6.07) is 22.4. The number of alkyl halides is 2. The molecule has 1 aliphatic rings. The van der Waals surface area contributed by atoms with E-state index < -0.39 is 5.92 Å². The molecule has 0 radical (unpaired) electrons. The average Bonchev–Trinajstić information content (AvgIpc) is 3.01. The molecule has 26 heavy (non-hydrogen) atoms. The smallest absolute Gasteiger partial charge is 0.261 e. The fourth-order valence-corrected chi connectivity index (χ4v) is 3.45. The van der Waals surface area contributed by atoms with Crippen molar-refractivity contribution in [2.45, 2.75) is 18.9 Å². The second kappa shape index (κ2) is 6.96. The molecule has 0 amide bonds. The maximum absolute atomic E-state index is 13.5. The van der Waals surface area contributed by atoms with E-state index in [1.807, 2.05) is 30.3 Å². The summed E-state index contributed by atoms with van der Waals surface area (Å²) >= 11 is 0. The second-order valence-electron chi connectivity index (χ2n) is 6.76. The van der Waals surface area contributed by atoms with E-state index in [9.17, 15) is 8.78 Å². The quantitative estimate of drug-likeness (QED) is 0.638. The van der Waals surface area contributed by atoms with Gasteiger partial charge in [-0.2, -0.15) is 0 Å². The summed E-state index contributed by atoms with van der Waals surface area (Å²) < 4.78 is 26.9. The highest BCUT2D eigenvalue weighted by Crippen LogP contribution is 2.30. The number of pyridine rings is 1. The molecule has 4 rings (SSSR count). The van der Waals surface area contributed by atoms with Gasteiger partial charge in [0, 0.05) is 31.3 Å². The number of rotatable bonds is 4. The van der Waals surface area contributed by atoms with Gasteiger partial charge in [-0.25, -0.2) is 8.78 Å². The zero-order chi connectivity index (χ0) is 18.0. The number of halogens is 2. The molecule has 0 atom stereocenters. The maximum atomic E-state index is 13.5. The van der Waals surface area contributed by atoms with Crippen molar-refractivity contribution >= 4 is 0 Å². The lowest BCUT2D eigenvalue weighted by molar-refractivity contribution is 0.0114. The lowest BCUT2D eigenvalue weighted by Crippen LogP contribution is -2.25. The lowest BCUT2D eigenvalue weighted by atomic mass is 9.99. The number of aromatic nitrogens is 1. The van der Waals surface area contributed by atoms with Crippen LogP contribution in [-0.2, 0) is 6.54 Å². The molecule has 1 fully saturated rings. The van der Waals surface area contributed by atoms with Gasteiger partial charge in [-0.3, -0.25) is 9.88 Å². The van der Waals surface area contributed by atoms with Crippen molar-refractivity contribution in [2.24, 2.45) is 0 Å². The van der Waals surface area contributed by atoms with Gasteiger partial charge in [0.15, 0.2) is 0 Å². The fraction of sp³-hybridized carbons (Fsp3) is 0.227. The molecule has 2 nitrogen and oxygen atoms in total. The van der Waals surface area contributed by atoms with E-state index in [2.05, 4.69) is 41.4 Å². The highest BCUT2D eigenvalue weighted by molar-refractivity contribution is 5.71. The molecule has 0 bridgehead atoms. The molecule has 0 unspecified atom stereocenters. The monoisotopic (exact) mass is 350 g/mol. The first-order valence-corrected chi connectivity index (χ1v) is 8.81. The normalized spacial score (nSPS) is 16.7. The van der Waals surface area contributed by atoms with Crippen molar-refractivity contribution in [3.05, 3.63) is 78.6 Å². The first kappa shape index (κ1) is 16.9. The van der Waals surface area contributed by atoms with Crippen LogP contribution >= 0.6 is 0 Å². The first-order chi connectivity index (χ1) is 12.6. The van der Waals surface area contributed by atoms with E-state index in [4.69, 9.17) is 0 Å². The van der Waals surface area contributed by atoms with Crippen LogP contribution in [-0.4, -0.2) is 28.9 Å². The Kier molecular flexibility index (Phi) is 4.51.